The van der Waals surface area contributed by atoms with Crippen LogP contribution in [0.2, 0.25) is 10.0 Å². The summed E-state index contributed by atoms with van der Waals surface area (Å²) in [5.74, 6) is -0.535. The lowest BCUT2D eigenvalue weighted by molar-refractivity contribution is -0.0502. The van der Waals surface area contributed by atoms with Gasteiger partial charge in [-0.2, -0.15) is 8.42 Å². The average molecular weight is 510 g/mol. The Kier molecular flexibility index (Phi) is 8.91. The van der Waals surface area contributed by atoms with Gasteiger partial charge in [0.2, 0.25) is 0 Å². The molecule has 0 radical (unpaired) electrons. The smallest absolute Gasteiger partial charge is 0.261 e. The molecule has 2 unspecified atom stereocenters. The fraction of sp³-hybridized carbons (Fsp3) is 0.429. The van der Waals surface area contributed by atoms with Crippen LogP contribution in [0.4, 0.5) is 4.39 Å². The van der Waals surface area contributed by atoms with E-state index in [4.69, 9.17) is 27.8 Å². The topological polar surface area (TPSA) is 118 Å². The van der Waals surface area contributed by atoms with Gasteiger partial charge in [-0.15, -0.1) is 0 Å². The zero-order valence-corrected chi connectivity index (χ0v) is 19.9. The van der Waals surface area contributed by atoms with E-state index in [1.807, 2.05) is 6.92 Å². The van der Waals surface area contributed by atoms with Crippen LogP contribution in [0.15, 0.2) is 36.4 Å². The molecule has 4 N–H and O–H groups in total. The summed E-state index contributed by atoms with van der Waals surface area (Å²) >= 11 is 11.9. The molecule has 0 amide bonds. The van der Waals surface area contributed by atoms with Crippen LogP contribution < -0.4 is 0 Å². The Labute approximate surface area is 196 Å². The second-order valence-corrected chi connectivity index (χ2v) is 10.1. The monoisotopic (exact) mass is 509 g/mol. The lowest BCUT2D eigenvalue weighted by Crippen LogP contribution is -2.47. The Morgan fingerprint density at radius 3 is 1.97 bits per heavy atom. The highest BCUT2D eigenvalue weighted by molar-refractivity contribution is 7.85. The minimum atomic E-state index is -3.67. The van der Waals surface area contributed by atoms with Crippen LogP contribution in [0, 0.1) is 5.82 Å². The summed E-state index contributed by atoms with van der Waals surface area (Å²) in [5.41, 5.74) is 0.226. The maximum absolute atomic E-state index is 13.1. The number of hydrogen-bond donors (Lipinski definition) is 4. The Morgan fingerprint density at radius 2 is 1.53 bits per heavy atom. The van der Waals surface area contributed by atoms with Crippen molar-refractivity contribution in [2.45, 2.75) is 37.5 Å². The number of rotatable bonds is 4. The van der Waals surface area contributed by atoms with Crippen molar-refractivity contribution in [1.29, 1.82) is 0 Å². The fourth-order valence-corrected chi connectivity index (χ4v) is 4.09. The van der Waals surface area contributed by atoms with Crippen LogP contribution >= 0.6 is 23.2 Å². The second kappa shape index (κ2) is 10.6. The molecule has 2 aromatic rings. The van der Waals surface area contributed by atoms with Gasteiger partial charge >= 0.3 is 0 Å². The molecular formula is C21H26Cl2FNO6S. The molecule has 178 valence electrons. The first-order valence-electron chi connectivity index (χ1n) is 9.72. The summed E-state index contributed by atoms with van der Waals surface area (Å²) in [6.07, 6.45) is 0.824. The van der Waals surface area contributed by atoms with E-state index < -0.39 is 21.8 Å². The quantitative estimate of drug-likeness (QED) is 0.463. The second-order valence-electron chi connectivity index (χ2n) is 7.83. The van der Waals surface area contributed by atoms with Crippen LogP contribution in [0.1, 0.15) is 37.0 Å². The van der Waals surface area contributed by atoms with E-state index in [0.717, 1.165) is 0 Å². The van der Waals surface area contributed by atoms with Crippen molar-refractivity contribution in [2.75, 3.05) is 19.3 Å². The van der Waals surface area contributed by atoms with Gasteiger partial charge < -0.3 is 15.3 Å². The Hall–Kier alpha value is -1.46. The van der Waals surface area contributed by atoms with Gasteiger partial charge in [-0.3, -0.25) is 9.45 Å². The summed E-state index contributed by atoms with van der Waals surface area (Å²) in [7, 11) is -3.67. The first-order valence-corrected chi connectivity index (χ1v) is 12.3. The lowest BCUT2D eigenvalue weighted by atomic mass is 9.83. The number of phenols is 1. The summed E-state index contributed by atoms with van der Waals surface area (Å²) < 4.78 is 39.0. The molecule has 1 saturated heterocycles. The lowest BCUT2D eigenvalue weighted by Gasteiger charge is -2.42. The van der Waals surface area contributed by atoms with Gasteiger partial charge in [-0.1, -0.05) is 35.3 Å². The number of piperidine rings is 1. The highest BCUT2D eigenvalue weighted by atomic mass is 35.5. The predicted molar refractivity (Wildman–Crippen MR) is 121 cm³/mol. The number of aliphatic hydroxyl groups is 2. The minimum Gasteiger partial charge on any atom is -0.505 e. The van der Waals surface area contributed by atoms with E-state index in [1.54, 1.807) is 12.1 Å². The first kappa shape index (κ1) is 26.8. The van der Waals surface area contributed by atoms with E-state index in [2.05, 4.69) is 4.90 Å². The average Bonchev–Trinajstić information content (AvgIpc) is 2.70. The molecule has 1 aliphatic rings. The van der Waals surface area contributed by atoms with Crippen molar-refractivity contribution >= 4 is 33.3 Å². The molecule has 32 heavy (non-hydrogen) atoms. The van der Waals surface area contributed by atoms with E-state index in [-0.39, 0.29) is 27.7 Å². The standard InChI is InChI=1S/C20H22Cl2FNO3.CH4O3S/c1-12(18(25)13-10-16(21)19(26)17(22)11-13)24-8-6-20(27,7-9-24)14-2-4-15(23)5-3-14;1-5(2,3)4/h2-5,10-12,18,25-27H,6-9H2,1H3;1H3,(H,2,3,4). The molecule has 2 atom stereocenters. The number of benzene rings is 2. The van der Waals surface area contributed by atoms with E-state index >= 15 is 0 Å². The third-order valence-electron chi connectivity index (χ3n) is 5.42. The molecule has 0 aromatic heterocycles. The zero-order valence-electron chi connectivity index (χ0n) is 17.5. The van der Waals surface area contributed by atoms with Crippen molar-refractivity contribution < 1.29 is 32.7 Å². The number of aliphatic hydroxyl groups excluding tert-OH is 1. The van der Waals surface area contributed by atoms with Gasteiger partial charge in [0.1, 0.15) is 5.82 Å². The predicted octanol–water partition coefficient (Wildman–Crippen LogP) is 3.75. The SMILES string of the molecule is CC(C(O)c1cc(Cl)c(O)c(Cl)c1)N1CCC(O)(c2ccc(F)cc2)CC1.CS(=O)(=O)O. The number of aromatic hydroxyl groups is 1. The molecule has 3 rings (SSSR count). The summed E-state index contributed by atoms with van der Waals surface area (Å²) in [5, 5.41) is 31.5. The number of phenolic OH excluding ortho intramolecular Hbond substituents is 1. The van der Waals surface area contributed by atoms with E-state index in [9.17, 15) is 28.1 Å². The van der Waals surface area contributed by atoms with Crippen LogP contribution in [-0.2, 0) is 15.7 Å². The van der Waals surface area contributed by atoms with Crippen molar-refractivity contribution in [3.05, 3.63) is 63.4 Å². The third-order valence-corrected chi connectivity index (χ3v) is 6.00. The highest BCUT2D eigenvalue weighted by Crippen LogP contribution is 2.38. The van der Waals surface area contributed by atoms with E-state index in [0.29, 0.717) is 43.3 Å². The molecule has 1 aliphatic heterocycles. The summed E-state index contributed by atoms with van der Waals surface area (Å²) in [6, 6.07) is 8.70. The molecule has 2 aromatic carbocycles. The Morgan fingerprint density at radius 1 is 1.09 bits per heavy atom. The van der Waals surface area contributed by atoms with Crippen molar-refractivity contribution in [3.8, 4) is 5.75 Å². The molecule has 11 heteroatoms. The van der Waals surface area contributed by atoms with Crippen LogP contribution in [0.5, 0.6) is 5.75 Å². The molecule has 0 spiro atoms. The largest absolute Gasteiger partial charge is 0.505 e. The number of likely N-dealkylation sites (tertiary alicyclic amines) is 1. The normalized spacial score (nSPS) is 18.4. The molecular weight excluding hydrogens is 484 g/mol. The number of halogens is 3. The van der Waals surface area contributed by atoms with Crippen LogP contribution in [-0.4, -0.2) is 58.6 Å². The molecule has 0 saturated carbocycles. The zero-order chi connectivity index (χ0) is 24.3. The molecule has 7 nitrogen and oxygen atoms in total. The minimum absolute atomic E-state index is 0.0908. The number of nitrogens with zero attached hydrogens (tertiary/aromatic N) is 1. The molecule has 0 bridgehead atoms. The fourth-order valence-electron chi connectivity index (χ4n) is 3.58. The van der Waals surface area contributed by atoms with Gasteiger partial charge in [-0.05, 0) is 55.2 Å². The summed E-state index contributed by atoms with van der Waals surface area (Å²) in [4.78, 5) is 2.08. The first-order chi connectivity index (χ1) is 14.7. The molecule has 1 heterocycles. The van der Waals surface area contributed by atoms with Gasteiger partial charge in [0.05, 0.1) is 28.0 Å². The van der Waals surface area contributed by atoms with Gasteiger partial charge in [0.25, 0.3) is 10.1 Å². The van der Waals surface area contributed by atoms with Crippen LogP contribution in [0.3, 0.4) is 0 Å². The Balaban J connectivity index is 0.000000654. The third kappa shape index (κ3) is 7.28. The maximum atomic E-state index is 13.1. The van der Waals surface area contributed by atoms with Crippen LogP contribution in [0.25, 0.3) is 0 Å². The summed E-state index contributed by atoms with van der Waals surface area (Å²) in [6.45, 7) is 3.04. The van der Waals surface area contributed by atoms with E-state index in [1.165, 1.54) is 24.3 Å². The maximum Gasteiger partial charge on any atom is 0.261 e. The van der Waals surface area contributed by atoms with Gasteiger partial charge in [0, 0.05) is 19.1 Å². The highest BCUT2D eigenvalue weighted by Gasteiger charge is 2.36. The molecule has 1 fully saturated rings. The number of hydrogen-bond acceptors (Lipinski definition) is 6. The van der Waals surface area contributed by atoms with Gasteiger partial charge in [-0.25, -0.2) is 4.39 Å². The van der Waals surface area contributed by atoms with Gasteiger partial charge in [0.15, 0.2) is 5.75 Å². The Bertz CT molecular complexity index is 996. The van der Waals surface area contributed by atoms with Crippen molar-refractivity contribution in [3.63, 3.8) is 0 Å². The molecule has 0 aliphatic carbocycles. The van der Waals surface area contributed by atoms with Crippen molar-refractivity contribution in [2.24, 2.45) is 0 Å². The van der Waals surface area contributed by atoms with Crippen molar-refractivity contribution in [1.82, 2.24) is 4.90 Å².